The molecule has 0 aromatic heterocycles. The highest BCUT2D eigenvalue weighted by Crippen LogP contribution is 2.23. The second kappa shape index (κ2) is 5.30. The van der Waals surface area contributed by atoms with E-state index in [1.165, 1.54) is 11.3 Å². The van der Waals surface area contributed by atoms with Crippen molar-refractivity contribution in [3.8, 4) is 0 Å². The van der Waals surface area contributed by atoms with Crippen molar-refractivity contribution in [3.63, 3.8) is 0 Å². The highest BCUT2D eigenvalue weighted by Gasteiger charge is 2.14. The topological polar surface area (TPSA) is 47.7 Å². The normalized spacial score (nSPS) is 16.5. The molecule has 1 aliphatic heterocycles. The third kappa shape index (κ3) is 2.52. The van der Waals surface area contributed by atoms with E-state index in [-0.39, 0.29) is 0 Å². The molecule has 0 aliphatic carbocycles. The van der Waals surface area contributed by atoms with E-state index >= 15 is 0 Å². The Bertz CT molecular complexity index is 349. The average Bonchev–Trinajstić information content (AvgIpc) is 2.31. The fraction of sp³-hybridized carbons (Fsp3) is 0.500. The second-order valence-corrected chi connectivity index (χ2v) is 4.04. The van der Waals surface area contributed by atoms with Gasteiger partial charge in [-0.3, -0.25) is 4.84 Å². The largest absolute Gasteiger partial charge is 0.378 e. The molecule has 0 spiro atoms. The maximum atomic E-state index is 5.35. The summed E-state index contributed by atoms with van der Waals surface area (Å²) in [7, 11) is 0. The van der Waals surface area contributed by atoms with E-state index in [1.54, 1.807) is 0 Å². The zero-order valence-corrected chi connectivity index (χ0v) is 9.61. The van der Waals surface area contributed by atoms with Gasteiger partial charge in [0.25, 0.3) is 0 Å². The minimum Gasteiger partial charge on any atom is -0.378 e. The summed E-state index contributed by atoms with van der Waals surface area (Å²) >= 11 is 0. The van der Waals surface area contributed by atoms with Gasteiger partial charge in [-0.25, -0.2) is 5.90 Å². The Labute approximate surface area is 95.9 Å². The highest BCUT2D eigenvalue weighted by molar-refractivity contribution is 5.55. The molecule has 0 saturated carbocycles. The van der Waals surface area contributed by atoms with Gasteiger partial charge in [0.15, 0.2) is 0 Å². The lowest BCUT2D eigenvalue weighted by atomic mass is 10.1. The number of nitrogens with two attached hydrogens (primary N) is 1. The average molecular weight is 222 g/mol. The number of morpholine rings is 1. The molecule has 0 atom stereocenters. The third-order valence-electron chi connectivity index (χ3n) is 2.83. The van der Waals surface area contributed by atoms with Gasteiger partial charge in [-0.15, -0.1) is 0 Å². The van der Waals surface area contributed by atoms with E-state index in [0.29, 0.717) is 6.61 Å². The lowest BCUT2D eigenvalue weighted by molar-refractivity contribution is 0.118. The van der Waals surface area contributed by atoms with Crippen molar-refractivity contribution >= 4 is 5.69 Å². The fourth-order valence-corrected chi connectivity index (χ4v) is 2.03. The first kappa shape index (κ1) is 11.4. The zero-order valence-electron chi connectivity index (χ0n) is 9.61. The summed E-state index contributed by atoms with van der Waals surface area (Å²) in [5.74, 6) is 5.17. The first-order valence-electron chi connectivity index (χ1n) is 5.55. The molecular weight excluding hydrogens is 204 g/mol. The van der Waals surface area contributed by atoms with E-state index < -0.39 is 0 Å². The molecule has 0 radical (unpaired) electrons. The van der Waals surface area contributed by atoms with Crippen LogP contribution in [0, 0.1) is 6.92 Å². The fourth-order valence-electron chi connectivity index (χ4n) is 2.03. The summed E-state index contributed by atoms with van der Waals surface area (Å²) in [6, 6.07) is 6.37. The number of hydrogen-bond acceptors (Lipinski definition) is 4. The van der Waals surface area contributed by atoms with Crippen LogP contribution in [0.4, 0.5) is 5.69 Å². The van der Waals surface area contributed by atoms with Gasteiger partial charge < -0.3 is 9.64 Å². The van der Waals surface area contributed by atoms with Gasteiger partial charge in [0.1, 0.15) is 0 Å². The van der Waals surface area contributed by atoms with Crippen LogP contribution in [-0.2, 0) is 16.2 Å². The lowest BCUT2D eigenvalue weighted by Gasteiger charge is -2.30. The molecule has 1 heterocycles. The van der Waals surface area contributed by atoms with Crippen LogP contribution in [0.3, 0.4) is 0 Å². The van der Waals surface area contributed by atoms with Crippen LogP contribution in [0.5, 0.6) is 0 Å². The number of rotatable bonds is 3. The molecule has 16 heavy (non-hydrogen) atoms. The molecule has 4 nitrogen and oxygen atoms in total. The summed E-state index contributed by atoms with van der Waals surface area (Å²) in [5.41, 5.74) is 3.58. The quantitative estimate of drug-likeness (QED) is 0.781. The summed E-state index contributed by atoms with van der Waals surface area (Å²) in [6.45, 7) is 5.96. The predicted molar refractivity (Wildman–Crippen MR) is 63.2 cm³/mol. The van der Waals surface area contributed by atoms with Crippen molar-refractivity contribution in [2.75, 3.05) is 31.2 Å². The molecule has 2 N–H and O–H groups in total. The predicted octanol–water partition coefficient (Wildman–Crippen LogP) is 1.22. The van der Waals surface area contributed by atoms with Crippen molar-refractivity contribution < 1.29 is 9.57 Å². The van der Waals surface area contributed by atoms with Gasteiger partial charge in [-0.05, 0) is 13.0 Å². The van der Waals surface area contributed by atoms with E-state index in [9.17, 15) is 0 Å². The van der Waals surface area contributed by atoms with E-state index in [2.05, 4.69) is 30.0 Å². The number of ether oxygens (including phenoxy) is 1. The van der Waals surface area contributed by atoms with E-state index in [4.69, 9.17) is 15.5 Å². The van der Waals surface area contributed by atoms with Crippen LogP contribution in [0.25, 0.3) is 0 Å². The van der Waals surface area contributed by atoms with Crippen molar-refractivity contribution in [2.24, 2.45) is 5.90 Å². The number of benzene rings is 1. The van der Waals surface area contributed by atoms with Gasteiger partial charge in [-0.1, -0.05) is 17.7 Å². The second-order valence-electron chi connectivity index (χ2n) is 4.04. The highest BCUT2D eigenvalue weighted by atomic mass is 16.6. The van der Waals surface area contributed by atoms with E-state index in [1.807, 2.05) is 0 Å². The maximum absolute atomic E-state index is 5.35. The molecule has 1 aromatic rings. The number of aryl methyl sites for hydroxylation is 1. The number of anilines is 1. The molecule has 2 rings (SSSR count). The Morgan fingerprint density at radius 2 is 2.12 bits per heavy atom. The van der Waals surface area contributed by atoms with Crippen molar-refractivity contribution in [1.82, 2.24) is 0 Å². The molecule has 1 aliphatic rings. The maximum Gasteiger partial charge on any atom is 0.0950 e. The van der Waals surface area contributed by atoms with Gasteiger partial charge in [0.05, 0.1) is 19.8 Å². The molecule has 4 heteroatoms. The first-order chi connectivity index (χ1) is 7.81. The van der Waals surface area contributed by atoms with Crippen molar-refractivity contribution in [2.45, 2.75) is 13.5 Å². The van der Waals surface area contributed by atoms with Gasteiger partial charge in [-0.2, -0.15) is 0 Å². The van der Waals surface area contributed by atoms with E-state index in [0.717, 1.165) is 31.9 Å². The molecular formula is C12H18N2O2. The molecule has 1 aromatic carbocycles. The Hall–Kier alpha value is -1.10. The van der Waals surface area contributed by atoms with Crippen LogP contribution in [0.1, 0.15) is 11.1 Å². The van der Waals surface area contributed by atoms with Crippen molar-refractivity contribution in [3.05, 3.63) is 29.3 Å². The van der Waals surface area contributed by atoms with Crippen LogP contribution >= 0.6 is 0 Å². The summed E-state index contributed by atoms with van der Waals surface area (Å²) in [5, 5.41) is 0. The summed E-state index contributed by atoms with van der Waals surface area (Å²) in [6.07, 6.45) is 0. The van der Waals surface area contributed by atoms with Gasteiger partial charge in [0, 0.05) is 24.3 Å². The minimum absolute atomic E-state index is 0.453. The third-order valence-corrected chi connectivity index (χ3v) is 2.83. The molecule has 1 fully saturated rings. The molecule has 0 unspecified atom stereocenters. The Kier molecular flexibility index (Phi) is 3.77. The van der Waals surface area contributed by atoms with Gasteiger partial charge >= 0.3 is 0 Å². The zero-order chi connectivity index (χ0) is 11.4. The summed E-state index contributed by atoms with van der Waals surface area (Å²) < 4.78 is 5.35. The SMILES string of the molecule is Cc1ccc(N2CCOCC2)c(CON)c1. The monoisotopic (exact) mass is 222 g/mol. The van der Waals surface area contributed by atoms with Crippen LogP contribution < -0.4 is 10.8 Å². The minimum atomic E-state index is 0.453. The number of hydrogen-bond donors (Lipinski definition) is 1. The first-order valence-corrected chi connectivity index (χ1v) is 5.55. The van der Waals surface area contributed by atoms with Crippen LogP contribution in [0.15, 0.2) is 18.2 Å². The Balaban J connectivity index is 2.23. The molecule has 0 bridgehead atoms. The Morgan fingerprint density at radius 1 is 1.38 bits per heavy atom. The molecule has 1 saturated heterocycles. The standard InChI is InChI=1S/C12H18N2O2/c1-10-2-3-12(11(8-10)9-16-13)14-4-6-15-7-5-14/h2-3,8H,4-7,9,13H2,1H3. The van der Waals surface area contributed by atoms with Crippen LogP contribution in [0.2, 0.25) is 0 Å². The molecule has 0 amide bonds. The number of nitrogens with zero attached hydrogens (tertiary/aromatic N) is 1. The Morgan fingerprint density at radius 3 is 2.81 bits per heavy atom. The van der Waals surface area contributed by atoms with Crippen LogP contribution in [-0.4, -0.2) is 26.3 Å². The lowest BCUT2D eigenvalue weighted by Crippen LogP contribution is -2.36. The summed E-state index contributed by atoms with van der Waals surface area (Å²) in [4.78, 5) is 7.07. The van der Waals surface area contributed by atoms with Crippen molar-refractivity contribution in [1.29, 1.82) is 0 Å². The van der Waals surface area contributed by atoms with Gasteiger partial charge in [0.2, 0.25) is 0 Å². The molecule has 88 valence electrons. The smallest absolute Gasteiger partial charge is 0.0950 e.